The lowest BCUT2D eigenvalue weighted by Crippen LogP contribution is -2.13. The van der Waals surface area contributed by atoms with Crippen LogP contribution in [0.3, 0.4) is 0 Å². The molecule has 1 N–H and O–H groups in total. The third kappa shape index (κ3) is 5.15. The van der Waals surface area contributed by atoms with Crippen molar-refractivity contribution in [2.75, 3.05) is 18.2 Å². The normalized spacial score (nSPS) is 11.4. The largest absolute Gasteiger partial charge is 0.492 e. The van der Waals surface area contributed by atoms with Crippen molar-refractivity contribution in [3.8, 4) is 17.2 Å². The summed E-state index contributed by atoms with van der Waals surface area (Å²) in [6.07, 6.45) is 2.68. The van der Waals surface area contributed by atoms with Crippen LogP contribution < -0.4 is 14.8 Å². The molecule has 0 spiro atoms. The minimum Gasteiger partial charge on any atom is -0.492 e. The summed E-state index contributed by atoms with van der Waals surface area (Å²) in [5.41, 5.74) is 0.804. The highest BCUT2D eigenvalue weighted by Gasteiger charge is 2.16. The van der Waals surface area contributed by atoms with Gasteiger partial charge in [-0.15, -0.1) is 0 Å². The zero-order valence-corrected chi connectivity index (χ0v) is 19.1. The molecule has 170 valence electrons. The Morgan fingerprint density at radius 3 is 2.42 bits per heavy atom. The quantitative estimate of drug-likeness (QED) is 0.409. The number of nitrogens with zero attached hydrogens (tertiary/aromatic N) is 1. The number of hydrogen-bond acceptors (Lipinski definition) is 7. The Balaban J connectivity index is 1.62. The lowest BCUT2D eigenvalue weighted by molar-refractivity contribution is 0.102. The molecule has 0 saturated heterocycles. The van der Waals surface area contributed by atoms with Crippen molar-refractivity contribution < 1.29 is 27.1 Å². The van der Waals surface area contributed by atoms with Crippen molar-refractivity contribution in [1.29, 1.82) is 0 Å². The molecule has 0 saturated carbocycles. The van der Waals surface area contributed by atoms with Gasteiger partial charge in [-0.05, 0) is 68.4 Å². The topological polar surface area (TPSA) is 108 Å². The first-order chi connectivity index (χ1) is 15.7. The van der Waals surface area contributed by atoms with Crippen molar-refractivity contribution in [3.05, 3.63) is 72.1 Å². The molecule has 2 aromatic heterocycles. The van der Waals surface area contributed by atoms with Gasteiger partial charge in [-0.2, -0.15) is 0 Å². The second-order valence-corrected chi connectivity index (χ2v) is 9.37. The zero-order chi connectivity index (χ0) is 23.6. The predicted molar refractivity (Wildman–Crippen MR) is 124 cm³/mol. The molecule has 1 amide bonds. The molecule has 0 aliphatic carbocycles. The molecule has 0 aliphatic rings. The van der Waals surface area contributed by atoms with Gasteiger partial charge in [-0.3, -0.25) is 4.79 Å². The van der Waals surface area contributed by atoms with Crippen LogP contribution in [-0.2, 0) is 9.84 Å². The van der Waals surface area contributed by atoms with E-state index in [0.29, 0.717) is 52.0 Å². The van der Waals surface area contributed by atoms with Gasteiger partial charge in [0, 0.05) is 11.8 Å². The van der Waals surface area contributed by atoms with Crippen LogP contribution >= 0.6 is 0 Å². The van der Waals surface area contributed by atoms with Crippen LogP contribution in [0.4, 0.5) is 5.82 Å². The molecule has 2 aromatic carbocycles. The number of anilines is 1. The Labute approximate surface area is 191 Å². The summed E-state index contributed by atoms with van der Waals surface area (Å²) in [7, 11) is -3.31. The van der Waals surface area contributed by atoms with E-state index in [1.807, 2.05) is 13.0 Å². The lowest BCUT2D eigenvalue weighted by Gasteiger charge is -2.10. The van der Waals surface area contributed by atoms with Crippen LogP contribution in [0.15, 0.2) is 70.1 Å². The Morgan fingerprint density at radius 1 is 1.06 bits per heavy atom. The Bertz CT molecular complexity index is 1410. The lowest BCUT2D eigenvalue weighted by atomic mass is 10.1. The van der Waals surface area contributed by atoms with Crippen molar-refractivity contribution in [2.24, 2.45) is 0 Å². The molecule has 2 heterocycles. The molecule has 33 heavy (non-hydrogen) atoms. The van der Waals surface area contributed by atoms with Crippen LogP contribution in [-0.4, -0.2) is 32.2 Å². The molecule has 4 aromatic rings. The fourth-order valence-corrected chi connectivity index (χ4v) is 3.86. The third-order valence-corrected chi connectivity index (χ3v) is 5.88. The number of rotatable bonds is 7. The van der Waals surface area contributed by atoms with E-state index in [1.54, 1.807) is 43.3 Å². The van der Waals surface area contributed by atoms with Crippen molar-refractivity contribution >= 4 is 32.5 Å². The molecule has 0 fully saturated rings. The third-order valence-electron chi connectivity index (χ3n) is 4.75. The first-order valence-corrected chi connectivity index (χ1v) is 12.0. The zero-order valence-electron chi connectivity index (χ0n) is 18.3. The molecule has 8 nitrogen and oxygen atoms in total. The average molecular weight is 467 g/mol. The number of benzene rings is 2. The number of carbonyl (C=O) groups is 1. The van der Waals surface area contributed by atoms with Gasteiger partial charge >= 0.3 is 0 Å². The van der Waals surface area contributed by atoms with Gasteiger partial charge in [0.1, 0.15) is 34.4 Å². The monoisotopic (exact) mass is 466 g/mol. The number of aromatic nitrogens is 1. The second kappa shape index (κ2) is 8.95. The molecule has 0 radical (unpaired) electrons. The number of fused-ring (bicyclic) bond motifs is 1. The summed E-state index contributed by atoms with van der Waals surface area (Å²) in [5, 5.41) is 3.43. The van der Waals surface area contributed by atoms with Crippen LogP contribution in [0, 0.1) is 6.92 Å². The van der Waals surface area contributed by atoms with Crippen LogP contribution in [0.2, 0.25) is 0 Å². The Hall–Kier alpha value is -3.85. The predicted octanol–water partition coefficient (Wildman–Crippen LogP) is 4.98. The Morgan fingerprint density at radius 2 is 1.79 bits per heavy atom. The van der Waals surface area contributed by atoms with E-state index >= 15 is 0 Å². The van der Waals surface area contributed by atoms with Crippen LogP contribution in [0.25, 0.3) is 11.0 Å². The van der Waals surface area contributed by atoms with Crippen molar-refractivity contribution in [2.45, 2.75) is 18.7 Å². The maximum absolute atomic E-state index is 12.9. The van der Waals surface area contributed by atoms with Gasteiger partial charge in [0.05, 0.1) is 23.1 Å². The van der Waals surface area contributed by atoms with E-state index in [0.717, 1.165) is 6.26 Å². The molecular formula is C24H22N2O6S. The van der Waals surface area contributed by atoms with E-state index in [1.165, 1.54) is 18.3 Å². The van der Waals surface area contributed by atoms with Gasteiger partial charge in [-0.1, -0.05) is 0 Å². The molecule has 0 aliphatic heterocycles. The molecule has 0 atom stereocenters. The maximum atomic E-state index is 12.9. The highest BCUT2D eigenvalue weighted by molar-refractivity contribution is 7.90. The van der Waals surface area contributed by atoms with Gasteiger partial charge in [0.15, 0.2) is 9.84 Å². The van der Waals surface area contributed by atoms with Crippen LogP contribution in [0.1, 0.15) is 23.0 Å². The van der Waals surface area contributed by atoms with Gasteiger partial charge in [0.25, 0.3) is 5.91 Å². The first-order valence-electron chi connectivity index (χ1n) is 10.2. The summed E-state index contributed by atoms with van der Waals surface area (Å²) in [6, 6.07) is 14.5. The minimum absolute atomic E-state index is 0.190. The number of sulfone groups is 1. The number of hydrogen-bond donors (Lipinski definition) is 1. The number of amides is 1. The van der Waals surface area contributed by atoms with E-state index in [4.69, 9.17) is 13.9 Å². The molecule has 4 rings (SSSR count). The Kier molecular flexibility index (Phi) is 6.06. The van der Waals surface area contributed by atoms with Gasteiger partial charge in [-0.25, -0.2) is 13.4 Å². The number of furan rings is 1. The SMILES string of the molecule is CCOc1ccc(NC(=O)c2cc(Oc3ccc(S(C)(=O)=O)cc3)c3cc(C)oc3c2)nc1. The van der Waals surface area contributed by atoms with E-state index in [-0.39, 0.29) is 10.8 Å². The minimum atomic E-state index is -3.31. The highest BCUT2D eigenvalue weighted by Crippen LogP contribution is 2.34. The summed E-state index contributed by atoms with van der Waals surface area (Å²) >= 11 is 0. The van der Waals surface area contributed by atoms with Gasteiger partial charge < -0.3 is 19.2 Å². The number of nitrogens with one attached hydrogen (secondary N) is 1. The second-order valence-electron chi connectivity index (χ2n) is 7.36. The fourth-order valence-electron chi connectivity index (χ4n) is 3.23. The van der Waals surface area contributed by atoms with Gasteiger partial charge in [0.2, 0.25) is 0 Å². The average Bonchev–Trinajstić information content (AvgIpc) is 3.15. The summed E-state index contributed by atoms with van der Waals surface area (Å²) < 4.78 is 40.5. The molecule has 0 bridgehead atoms. The fraction of sp³-hybridized carbons (Fsp3) is 0.167. The smallest absolute Gasteiger partial charge is 0.257 e. The van der Waals surface area contributed by atoms with Crippen molar-refractivity contribution in [3.63, 3.8) is 0 Å². The number of pyridine rings is 1. The standard InChI is InChI=1S/C24H22N2O6S/c1-4-30-18-7-10-23(25-14-18)26-24(27)16-12-21-20(11-15(2)31-21)22(13-16)32-17-5-8-19(9-6-17)33(3,28)29/h5-14H,4H2,1-3H3,(H,25,26,27). The number of aryl methyl sites for hydroxylation is 1. The molecule has 9 heteroatoms. The van der Waals surface area contributed by atoms with E-state index in [2.05, 4.69) is 10.3 Å². The molecule has 0 unspecified atom stereocenters. The van der Waals surface area contributed by atoms with Crippen LogP contribution in [0.5, 0.6) is 17.2 Å². The first kappa shape index (κ1) is 22.3. The summed E-state index contributed by atoms with van der Waals surface area (Å²) in [6.45, 7) is 4.20. The van der Waals surface area contributed by atoms with E-state index in [9.17, 15) is 13.2 Å². The maximum Gasteiger partial charge on any atom is 0.257 e. The van der Waals surface area contributed by atoms with Crippen molar-refractivity contribution in [1.82, 2.24) is 4.98 Å². The molecular weight excluding hydrogens is 444 g/mol. The van der Waals surface area contributed by atoms with E-state index < -0.39 is 9.84 Å². The highest BCUT2D eigenvalue weighted by atomic mass is 32.2. The number of carbonyl (C=O) groups excluding carboxylic acids is 1. The summed E-state index contributed by atoms with van der Waals surface area (Å²) in [4.78, 5) is 17.3. The number of ether oxygens (including phenoxy) is 2. The summed E-state index contributed by atoms with van der Waals surface area (Å²) in [5.74, 6) is 2.08.